The Labute approximate surface area is 130 Å². The number of rotatable bonds is 4. The zero-order valence-electron chi connectivity index (χ0n) is 13.4. The molecule has 1 aliphatic rings. The highest BCUT2D eigenvalue weighted by atomic mass is 16.5. The molecule has 1 fully saturated rings. The monoisotopic (exact) mass is 304 g/mol. The number of methoxy groups -OCH3 is 1. The highest BCUT2D eigenvalue weighted by molar-refractivity contribution is 5.94. The second-order valence-corrected chi connectivity index (χ2v) is 6.65. The Morgan fingerprint density at radius 1 is 1.23 bits per heavy atom. The van der Waals surface area contributed by atoms with Crippen molar-refractivity contribution in [3.63, 3.8) is 0 Å². The van der Waals surface area contributed by atoms with Crippen molar-refractivity contribution in [2.24, 2.45) is 16.7 Å². The van der Waals surface area contributed by atoms with Crippen molar-refractivity contribution >= 4 is 17.6 Å². The van der Waals surface area contributed by atoms with Crippen LogP contribution in [0.5, 0.6) is 5.75 Å². The molecule has 0 spiro atoms. The van der Waals surface area contributed by atoms with E-state index in [1.54, 1.807) is 38.3 Å². The molecule has 0 aliphatic heterocycles. The highest BCUT2D eigenvalue weighted by Gasteiger charge is 2.54. The number of nitrogens with one attached hydrogen (secondary N) is 1. The van der Waals surface area contributed by atoms with Crippen LogP contribution in [-0.2, 0) is 9.59 Å². The number of carboxylic acids is 1. The minimum atomic E-state index is -1.09. The number of ether oxygens (including phenoxy) is 1. The predicted molar refractivity (Wildman–Crippen MR) is 81.2 cm³/mol. The lowest BCUT2D eigenvalue weighted by atomic mass is 9.65. The van der Waals surface area contributed by atoms with E-state index < -0.39 is 16.8 Å². The van der Waals surface area contributed by atoms with Crippen LogP contribution in [0.2, 0.25) is 0 Å². The topological polar surface area (TPSA) is 78.5 Å². The van der Waals surface area contributed by atoms with Crippen LogP contribution in [-0.4, -0.2) is 19.0 Å². The van der Waals surface area contributed by atoms with E-state index in [-0.39, 0.29) is 11.8 Å². The molecule has 2 rings (SSSR count). The summed E-state index contributed by atoms with van der Waals surface area (Å²) in [5.74, 6) is -0.890. The first kappa shape index (κ1) is 16.3. The fourth-order valence-corrected chi connectivity index (χ4v) is 3.23. The molecule has 1 aromatic carbocycles. The van der Waals surface area contributed by atoms with Gasteiger partial charge in [-0.25, -0.2) is 0 Å². The van der Waals surface area contributed by atoms with E-state index in [1.807, 2.05) is 13.8 Å². The first-order valence-electron chi connectivity index (χ1n) is 7.39. The largest absolute Gasteiger partial charge is 0.550 e. The van der Waals surface area contributed by atoms with Crippen molar-refractivity contribution in [2.45, 2.75) is 33.6 Å². The molecule has 22 heavy (non-hydrogen) atoms. The third-order valence-electron chi connectivity index (χ3n) is 5.35. The summed E-state index contributed by atoms with van der Waals surface area (Å²) in [5.41, 5.74) is -0.985. The van der Waals surface area contributed by atoms with Crippen molar-refractivity contribution in [3.8, 4) is 5.75 Å². The first-order chi connectivity index (χ1) is 10.2. The molecule has 1 aromatic rings. The molecule has 5 nitrogen and oxygen atoms in total. The third-order valence-corrected chi connectivity index (χ3v) is 5.35. The Bertz CT molecular complexity index is 579. The molecule has 1 saturated carbocycles. The van der Waals surface area contributed by atoms with Crippen LogP contribution < -0.4 is 15.2 Å². The standard InChI is InChI=1S/C17H23NO4/c1-16(2)13(9-10-17(16,3)15(20)21)14(19)18-11-5-7-12(22-4)8-6-11/h5-8,13H,9-10H2,1-4H3,(H,18,19)(H,20,21)/p-1/t13-,17+/m1/s1. The second-order valence-electron chi connectivity index (χ2n) is 6.65. The van der Waals surface area contributed by atoms with Gasteiger partial charge in [0, 0.05) is 23.0 Å². The molecular weight excluding hydrogens is 282 g/mol. The summed E-state index contributed by atoms with van der Waals surface area (Å²) in [7, 11) is 1.58. The Morgan fingerprint density at radius 3 is 2.27 bits per heavy atom. The zero-order valence-corrected chi connectivity index (χ0v) is 13.4. The first-order valence-corrected chi connectivity index (χ1v) is 7.39. The molecule has 5 heteroatoms. The van der Waals surface area contributed by atoms with Crippen molar-refractivity contribution in [2.75, 3.05) is 12.4 Å². The van der Waals surface area contributed by atoms with Gasteiger partial charge in [0.2, 0.25) is 5.91 Å². The number of carbonyl (C=O) groups excluding carboxylic acids is 2. The number of amides is 1. The highest BCUT2D eigenvalue weighted by Crippen LogP contribution is 2.55. The smallest absolute Gasteiger partial charge is 0.228 e. The summed E-state index contributed by atoms with van der Waals surface area (Å²) < 4.78 is 5.08. The van der Waals surface area contributed by atoms with Crippen LogP contribution >= 0.6 is 0 Å². The second kappa shape index (κ2) is 5.63. The molecule has 120 valence electrons. The molecule has 1 amide bonds. The van der Waals surface area contributed by atoms with E-state index in [0.29, 0.717) is 24.3 Å². The van der Waals surface area contributed by atoms with E-state index in [4.69, 9.17) is 4.74 Å². The van der Waals surface area contributed by atoms with Crippen LogP contribution in [0.1, 0.15) is 33.6 Å². The number of benzene rings is 1. The van der Waals surface area contributed by atoms with E-state index in [9.17, 15) is 14.7 Å². The molecule has 0 saturated heterocycles. The van der Waals surface area contributed by atoms with Gasteiger partial charge in [-0.1, -0.05) is 20.8 Å². The maximum absolute atomic E-state index is 12.5. The van der Waals surface area contributed by atoms with Crippen molar-refractivity contribution in [1.82, 2.24) is 0 Å². The van der Waals surface area contributed by atoms with Gasteiger partial charge in [0.05, 0.1) is 7.11 Å². The molecular formula is C17H22NO4-. The van der Waals surface area contributed by atoms with E-state index in [2.05, 4.69) is 5.32 Å². The molecule has 0 aromatic heterocycles. The lowest BCUT2D eigenvalue weighted by Gasteiger charge is -2.41. The van der Waals surface area contributed by atoms with Crippen LogP contribution in [0.25, 0.3) is 0 Å². The molecule has 1 N–H and O–H groups in total. The van der Waals surface area contributed by atoms with Gasteiger partial charge < -0.3 is 20.0 Å². The lowest BCUT2D eigenvalue weighted by molar-refractivity contribution is -0.323. The normalized spacial score (nSPS) is 26.5. The minimum absolute atomic E-state index is 0.153. The fraction of sp³-hybridized carbons (Fsp3) is 0.529. The maximum Gasteiger partial charge on any atom is 0.228 e. The van der Waals surface area contributed by atoms with E-state index >= 15 is 0 Å². The number of carbonyl (C=O) groups is 2. The average molecular weight is 304 g/mol. The fourth-order valence-electron chi connectivity index (χ4n) is 3.23. The van der Waals surface area contributed by atoms with E-state index in [0.717, 1.165) is 0 Å². The van der Waals surface area contributed by atoms with Gasteiger partial charge in [0.15, 0.2) is 0 Å². The maximum atomic E-state index is 12.5. The summed E-state index contributed by atoms with van der Waals surface area (Å²) in [5, 5.41) is 14.3. The van der Waals surface area contributed by atoms with Crippen molar-refractivity contribution in [1.29, 1.82) is 0 Å². The predicted octanol–water partition coefficient (Wildman–Crippen LogP) is 1.83. The van der Waals surface area contributed by atoms with Crippen LogP contribution in [0.3, 0.4) is 0 Å². The van der Waals surface area contributed by atoms with Crippen molar-refractivity contribution in [3.05, 3.63) is 24.3 Å². The number of hydrogen-bond acceptors (Lipinski definition) is 4. The Balaban J connectivity index is 2.14. The third kappa shape index (κ3) is 2.56. The average Bonchev–Trinajstić information content (AvgIpc) is 2.71. The van der Waals surface area contributed by atoms with E-state index in [1.165, 1.54) is 0 Å². The molecule has 2 atom stereocenters. The summed E-state index contributed by atoms with van der Waals surface area (Å²) in [6.07, 6.45) is 0.989. The molecule has 1 aliphatic carbocycles. The number of carboxylic acid groups (broad SMARTS) is 1. The molecule has 0 bridgehead atoms. The lowest BCUT2D eigenvalue weighted by Crippen LogP contribution is -2.49. The van der Waals surface area contributed by atoms with Crippen LogP contribution in [0.4, 0.5) is 5.69 Å². The number of anilines is 1. The Hall–Kier alpha value is -2.04. The Morgan fingerprint density at radius 2 is 1.82 bits per heavy atom. The summed E-state index contributed by atoms with van der Waals surface area (Å²) in [6.45, 7) is 5.32. The Kier molecular flexibility index (Phi) is 4.18. The number of aliphatic carboxylic acids is 1. The van der Waals surface area contributed by atoms with Gasteiger partial charge in [0.1, 0.15) is 5.75 Å². The van der Waals surface area contributed by atoms with Gasteiger partial charge in [0.25, 0.3) is 0 Å². The minimum Gasteiger partial charge on any atom is -0.550 e. The van der Waals surface area contributed by atoms with Gasteiger partial charge in [-0.3, -0.25) is 4.79 Å². The zero-order chi connectivity index (χ0) is 16.5. The molecule has 0 radical (unpaired) electrons. The summed E-state index contributed by atoms with van der Waals surface area (Å²) in [6, 6.07) is 7.05. The van der Waals surface area contributed by atoms with Crippen molar-refractivity contribution < 1.29 is 19.4 Å². The van der Waals surface area contributed by atoms with Gasteiger partial charge in [-0.2, -0.15) is 0 Å². The van der Waals surface area contributed by atoms with Crippen LogP contribution in [0, 0.1) is 16.7 Å². The van der Waals surface area contributed by atoms with Gasteiger partial charge >= 0.3 is 0 Å². The van der Waals surface area contributed by atoms with Gasteiger partial charge in [-0.05, 0) is 42.5 Å². The molecule has 0 heterocycles. The molecule has 0 unspecified atom stereocenters. The van der Waals surface area contributed by atoms with Crippen LogP contribution in [0.15, 0.2) is 24.3 Å². The summed E-state index contributed by atoms with van der Waals surface area (Å²) >= 11 is 0. The SMILES string of the molecule is COc1ccc(NC(=O)[C@H]2CC[C@@](C)(C(=O)[O-])C2(C)C)cc1. The quantitative estimate of drug-likeness (QED) is 0.920. The van der Waals surface area contributed by atoms with Gasteiger partial charge in [-0.15, -0.1) is 0 Å². The summed E-state index contributed by atoms with van der Waals surface area (Å²) in [4.78, 5) is 24.0. The number of hydrogen-bond donors (Lipinski definition) is 1.